The topological polar surface area (TPSA) is 68.5 Å². The molecule has 4 rings (SSSR count). The van der Waals surface area contributed by atoms with Crippen molar-refractivity contribution in [2.75, 3.05) is 19.9 Å². The van der Waals surface area contributed by atoms with Crippen LogP contribution in [0.15, 0.2) is 36.4 Å². The lowest BCUT2D eigenvalue weighted by atomic mass is 9.99. The average Bonchev–Trinajstić information content (AvgIpc) is 2.88. The number of carbonyl (C=O) groups is 1. The number of anilines is 1. The van der Waals surface area contributed by atoms with E-state index in [4.69, 9.17) is 10.5 Å². The van der Waals surface area contributed by atoms with Crippen LogP contribution in [0.2, 0.25) is 0 Å². The van der Waals surface area contributed by atoms with Crippen LogP contribution in [-0.4, -0.2) is 29.9 Å². The molecule has 5 nitrogen and oxygen atoms in total. The number of pyridine rings is 1. The Morgan fingerprint density at radius 1 is 1.28 bits per heavy atom. The van der Waals surface area contributed by atoms with E-state index >= 15 is 0 Å². The van der Waals surface area contributed by atoms with E-state index in [2.05, 4.69) is 4.98 Å². The minimum Gasteiger partial charge on any atom is -0.497 e. The molecule has 1 aromatic heterocycles. The maximum atomic E-state index is 13.9. The third-order valence-corrected chi connectivity index (χ3v) is 4.50. The summed E-state index contributed by atoms with van der Waals surface area (Å²) in [5.41, 5.74) is 9.83. The molecule has 2 aromatic carbocycles. The molecular weight excluding hydrogens is 321 g/mol. The van der Waals surface area contributed by atoms with Crippen molar-refractivity contribution in [1.82, 2.24) is 9.88 Å². The second-order valence-electron chi connectivity index (χ2n) is 6.09. The molecule has 2 N–H and O–H groups in total. The molecule has 0 spiro atoms. The highest BCUT2D eigenvalue weighted by molar-refractivity contribution is 6.11. The van der Waals surface area contributed by atoms with Crippen LogP contribution in [0.3, 0.4) is 0 Å². The van der Waals surface area contributed by atoms with Gasteiger partial charge in [0.15, 0.2) is 0 Å². The number of halogens is 1. The highest BCUT2D eigenvalue weighted by atomic mass is 19.1. The van der Waals surface area contributed by atoms with Crippen LogP contribution in [0.5, 0.6) is 5.75 Å². The third-order valence-electron chi connectivity index (χ3n) is 4.50. The fourth-order valence-corrected chi connectivity index (χ4v) is 3.27. The smallest absolute Gasteiger partial charge is 0.258 e. The second-order valence-corrected chi connectivity index (χ2v) is 6.09. The van der Waals surface area contributed by atoms with Gasteiger partial charge in [0.05, 0.1) is 36.1 Å². The van der Waals surface area contributed by atoms with Crippen molar-refractivity contribution in [3.05, 3.63) is 53.5 Å². The Kier molecular flexibility index (Phi) is 3.35. The summed E-state index contributed by atoms with van der Waals surface area (Å²) in [7, 11) is 3.21. The lowest BCUT2D eigenvalue weighted by Crippen LogP contribution is -2.18. The van der Waals surface area contributed by atoms with Gasteiger partial charge in [0.1, 0.15) is 11.6 Å². The molecule has 1 aliphatic heterocycles. The monoisotopic (exact) mass is 337 g/mol. The van der Waals surface area contributed by atoms with Gasteiger partial charge in [-0.25, -0.2) is 9.37 Å². The quantitative estimate of drug-likeness (QED) is 0.779. The molecule has 25 heavy (non-hydrogen) atoms. The molecule has 1 aliphatic rings. The number of ether oxygens (including phenoxy) is 1. The molecular formula is C19H16FN3O2. The summed E-state index contributed by atoms with van der Waals surface area (Å²) < 4.78 is 19.1. The first kappa shape index (κ1) is 15.4. The van der Waals surface area contributed by atoms with Gasteiger partial charge in [-0.2, -0.15) is 0 Å². The van der Waals surface area contributed by atoms with Gasteiger partial charge in [-0.05, 0) is 17.7 Å². The van der Waals surface area contributed by atoms with Crippen LogP contribution in [0.25, 0.3) is 22.0 Å². The molecule has 0 radical (unpaired) electrons. The number of hydrogen-bond acceptors (Lipinski definition) is 4. The number of rotatable bonds is 2. The van der Waals surface area contributed by atoms with E-state index in [0.29, 0.717) is 45.7 Å². The minimum absolute atomic E-state index is 0.125. The second kappa shape index (κ2) is 5.44. The Bertz CT molecular complexity index is 1030. The first-order valence-corrected chi connectivity index (χ1v) is 7.81. The summed E-state index contributed by atoms with van der Waals surface area (Å²) in [5, 5.41) is 0.683. The van der Waals surface area contributed by atoms with Crippen molar-refractivity contribution in [1.29, 1.82) is 0 Å². The molecule has 0 saturated carbocycles. The van der Waals surface area contributed by atoms with Crippen LogP contribution in [0.4, 0.5) is 10.1 Å². The fourth-order valence-electron chi connectivity index (χ4n) is 3.27. The zero-order valence-electron chi connectivity index (χ0n) is 13.8. The van der Waals surface area contributed by atoms with Gasteiger partial charge in [0.2, 0.25) is 0 Å². The summed E-state index contributed by atoms with van der Waals surface area (Å²) >= 11 is 0. The molecule has 6 heteroatoms. The molecule has 0 atom stereocenters. The van der Waals surface area contributed by atoms with E-state index in [1.807, 2.05) is 18.2 Å². The third kappa shape index (κ3) is 2.29. The largest absolute Gasteiger partial charge is 0.497 e. The van der Waals surface area contributed by atoms with Crippen molar-refractivity contribution in [3.8, 4) is 16.9 Å². The van der Waals surface area contributed by atoms with Crippen molar-refractivity contribution >= 4 is 22.5 Å². The number of nitrogens with zero attached hydrogens (tertiary/aromatic N) is 2. The zero-order chi connectivity index (χ0) is 17.7. The number of nitrogens with two attached hydrogens (primary N) is 1. The highest BCUT2D eigenvalue weighted by Crippen LogP contribution is 2.37. The van der Waals surface area contributed by atoms with Crippen molar-refractivity contribution in [2.45, 2.75) is 6.54 Å². The predicted molar refractivity (Wildman–Crippen MR) is 93.9 cm³/mol. The number of fused-ring (bicyclic) bond motifs is 2. The lowest BCUT2D eigenvalue weighted by molar-refractivity contribution is 0.0817. The van der Waals surface area contributed by atoms with Crippen molar-refractivity contribution in [3.63, 3.8) is 0 Å². The van der Waals surface area contributed by atoms with Crippen LogP contribution < -0.4 is 10.5 Å². The van der Waals surface area contributed by atoms with Gasteiger partial charge in [0.25, 0.3) is 5.91 Å². The Labute approximate surface area is 143 Å². The number of methoxy groups -OCH3 is 1. The number of para-hydroxylation sites is 1. The first-order valence-electron chi connectivity index (χ1n) is 7.81. The summed E-state index contributed by atoms with van der Waals surface area (Å²) in [4.78, 5) is 18.5. The maximum absolute atomic E-state index is 13.9. The Balaban J connectivity index is 2.02. The Hall–Kier alpha value is -3.15. The predicted octanol–water partition coefficient (Wildman–Crippen LogP) is 3.22. The molecule has 0 fully saturated rings. The Morgan fingerprint density at radius 2 is 2.08 bits per heavy atom. The summed E-state index contributed by atoms with van der Waals surface area (Å²) in [6, 6.07) is 10.0. The highest BCUT2D eigenvalue weighted by Gasteiger charge is 2.30. The molecule has 126 valence electrons. The van der Waals surface area contributed by atoms with Crippen molar-refractivity contribution < 1.29 is 13.9 Å². The van der Waals surface area contributed by atoms with E-state index in [9.17, 15) is 9.18 Å². The normalized spacial score (nSPS) is 13.4. The molecule has 0 saturated heterocycles. The average molecular weight is 337 g/mol. The van der Waals surface area contributed by atoms with Gasteiger partial charge in [-0.1, -0.05) is 18.2 Å². The Morgan fingerprint density at radius 3 is 2.84 bits per heavy atom. The van der Waals surface area contributed by atoms with E-state index in [0.717, 1.165) is 5.56 Å². The molecule has 0 bridgehead atoms. The van der Waals surface area contributed by atoms with E-state index in [-0.39, 0.29) is 5.91 Å². The number of benzene rings is 2. The standard InChI is InChI=1S/C19H16FN3O2/c1-23-9-15-16(19(23)24)17(21)14-5-3-4-13(18(14)22-15)10-6-11(20)8-12(7-10)25-2/h3-8H,9H2,1-2H3,(H2,21,22). The summed E-state index contributed by atoms with van der Waals surface area (Å²) in [6.07, 6.45) is 0. The van der Waals surface area contributed by atoms with Crippen LogP contribution in [0.1, 0.15) is 16.1 Å². The van der Waals surface area contributed by atoms with Crippen LogP contribution >= 0.6 is 0 Å². The number of hydrogen-bond donors (Lipinski definition) is 1. The molecule has 3 aromatic rings. The van der Waals surface area contributed by atoms with Gasteiger partial charge in [0, 0.05) is 24.1 Å². The van der Waals surface area contributed by atoms with Gasteiger partial charge < -0.3 is 15.4 Å². The van der Waals surface area contributed by atoms with Crippen LogP contribution in [0, 0.1) is 5.82 Å². The zero-order valence-corrected chi connectivity index (χ0v) is 13.8. The molecule has 1 amide bonds. The SMILES string of the molecule is COc1cc(F)cc(-c2cccc3c(N)c4c(nc23)CN(C)C4=O)c1. The van der Waals surface area contributed by atoms with Crippen molar-refractivity contribution in [2.24, 2.45) is 0 Å². The first-order chi connectivity index (χ1) is 12.0. The van der Waals surface area contributed by atoms with E-state index < -0.39 is 5.82 Å². The maximum Gasteiger partial charge on any atom is 0.258 e. The summed E-state index contributed by atoms with van der Waals surface area (Å²) in [6.45, 7) is 0.412. The number of carbonyl (C=O) groups excluding carboxylic acids is 1. The fraction of sp³-hybridized carbons (Fsp3) is 0.158. The number of aromatic nitrogens is 1. The van der Waals surface area contributed by atoms with Gasteiger partial charge in [-0.3, -0.25) is 4.79 Å². The summed E-state index contributed by atoms with van der Waals surface area (Å²) in [5.74, 6) is -0.0915. The number of amides is 1. The number of nitrogen functional groups attached to an aromatic ring is 1. The minimum atomic E-state index is -0.393. The molecule has 0 aliphatic carbocycles. The van der Waals surface area contributed by atoms with E-state index in [1.165, 1.54) is 19.2 Å². The molecule has 2 heterocycles. The molecule has 0 unspecified atom stereocenters. The van der Waals surface area contributed by atoms with Gasteiger partial charge in [-0.15, -0.1) is 0 Å². The van der Waals surface area contributed by atoms with Crippen LogP contribution in [-0.2, 0) is 6.54 Å². The van der Waals surface area contributed by atoms with E-state index in [1.54, 1.807) is 18.0 Å². The lowest BCUT2D eigenvalue weighted by Gasteiger charge is -2.12. The van der Waals surface area contributed by atoms with Gasteiger partial charge >= 0.3 is 0 Å².